The topological polar surface area (TPSA) is 40.5 Å². The SMILES string of the molecule is O=C(C1CCCCC1C(F)(F)F)N1CCCCC1CO. The lowest BCUT2D eigenvalue weighted by Crippen LogP contribution is -2.51. The summed E-state index contributed by atoms with van der Waals surface area (Å²) in [5.41, 5.74) is 0. The van der Waals surface area contributed by atoms with Crippen molar-refractivity contribution in [3.8, 4) is 0 Å². The molecule has 0 spiro atoms. The van der Waals surface area contributed by atoms with Crippen LogP contribution in [0.4, 0.5) is 13.2 Å². The Balaban J connectivity index is 2.12. The van der Waals surface area contributed by atoms with Crippen LogP contribution in [0.5, 0.6) is 0 Å². The molecule has 116 valence electrons. The zero-order valence-corrected chi connectivity index (χ0v) is 11.5. The van der Waals surface area contributed by atoms with Crippen LogP contribution in [0.1, 0.15) is 44.9 Å². The lowest BCUT2D eigenvalue weighted by atomic mass is 9.77. The van der Waals surface area contributed by atoms with Gasteiger partial charge in [-0.3, -0.25) is 4.79 Å². The fraction of sp³-hybridized carbons (Fsp3) is 0.929. The molecule has 1 amide bonds. The van der Waals surface area contributed by atoms with Crippen molar-refractivity contribution in [1.82, 2.24) is 4.90 Å². The van der Waals surface area contributed by atoms with Gasteiger partial charge in [-0.1, -0.05) is 12.8 Å². The highest BCUT2D eigenvalue weighted by Crippen LogP contribution is 2.42. The summed E-state index contributed by atoms with van der Waals surface area (Å²) in [5.74, 6) is -2.85. The fourth-order valence-electron chi connectivity index (χ4n) is 3.51. The zero-order valence-electron chi connectivity index (χ0n) is 11.5. The average Bonchev–Trinajstić information content (AvgIpc) is 2.45. The number of hydrogen-bond acceptors (Lipinski definition) is 2. The molecule has 0 aromatic heterocycles. The quantitative estimate of drug-likeness (QED) is 0.850. The van der Waals surface area contributed by atoms with Gasteiger partial charge in [-0.25, -0.2) is 0 Å². The second-order valence-corrected chi connectivity index (χ2v) is 5.90. The first-order valence-electron chi connectivity index (χ1n) is 7.43. The highest BCUT2D eigenvalue weighted by molar-refractivity contribution is 5.79. The summed E-state index contributed by atoms with van der Waals surface area (Å²) < 4.78 is 39.2. The van der Waals surface area contributed by atoms with Crippen LogP contribution in [0.2, 0.25) is 0 Å². The van der Waals surface area contributed by atoms with E-state index in [4.69, 9.17) is 0 Å². The molecule has 1 saturated heterocycles. The van der Waals surface area contributed by atoms with Gasteiger partial charge in [-0.15, -0.1) is 0 Å². The van der Waals surface area contributed by atoms with Crippen molar-refractivity contribution in [2.75, 3.05) is 13.2 Å². The molecule has 1 aliphatic heterocycles. The molecular formula is C14H22F3NO2. The van der Waals surface area contributed by atoms with E-state index in [1.807, 2.05) is 0 Å². The Kier molecular flexibility index (Phi) is 4.94. The number of aliphatic hydroxyl groups is 1. The first kappa shape index (κ1) is 15.6. The lowest BCUT2D eigenvalue weighted by Gasteiger charge is -2.40. The standard InChI is InChI=1S/C14H22F3NO2/c15-14(16,17)12-7-2-1-6-11(12)13(20)18-8-4-3-5-10(18)9-19/h10-12,19H,1-9H2. The number of halogens is 3. The van der Waals surface area contributed by atoms with E-state index >= 15 is 0 Å². The zero-order chi connectivity index (χ0) is 14.8. The van der Waals surface area contributed by atoms with Crippen molar-refractivity contribution in [3.63, 3.8) is 0 Å². The van der Waals surface area contributed by atoms with Gasteiger partial charge < -0.3 is 10.0 Å². The monoisotopic (exact) mass is 293 g/mol. The van der Waals surface area contributed by atoms with E-state index in [9.17, 15) is 23.1 Å². The van der Waals surface area contributed by atoms with Crippen LogP contribution in [0, 0.1) is 11.8 Å². The molecule has 1 aliphatic carbocycles. The molecule has 1 heterocycles. The first-order valence-corrected chi connectivity index (χ1v) is 7.43. The van der Waals surface area contributed by atoms with Gasteiger partial charge in [0.1, 0.15) is 0 Å². The van der Waals surface area contributed by atoms with Gasteiger partial charge >= 0.3 is 6.18 Å². The molecular weight excluding hydrogens is 271 g/mol. The van der Waals surface area contributed by atoms with Crippen molar-refractivity contribution < 1.29 is 23.1 Å². The number of hydrogen-bond donors (Lipinski definition) is 1. The van der Waals surface area contributed by atoms with Gasteiger partial charge in [0, 0.05) is 12.5 Å². The van der Waals surface area contributed by atoms with Crippen molar-refractivity contribution in [2.24, 2.45) is 11.8 Å². The number of likely N-dealkylation sites (tertiary alicyclic amines) is 1. The lowest BCUT2D eigenvalue weighted by molar-refractivity contribution is -0.202. The molecule has 2 aliphatic rings. The summed E-state index contributed by atoms with van der Waals surface area (Å²) in [6, 6.07) is -0.299. The number of aliphatic hydroxyl groups excluding tert-OH is 1. The van der Waals surface area contributed by atoms with Crippen LogP contribution in [-0.4, -0.2) is 41.3 Å². The van der Waals surface area contributed by atoms with E-state index in [0.29, 0.717) is 32.2 Å². The molecule has 20 heavy (non-hydrogen) atoms. The van der Waals surface area contributed by atoms with Gasteiger partial charge in [0.25, 0.3) is 0 Å². The Labute approximate surface area is 117 Å². The third kappa shape index (κ3) is 3.27. The van der Waals surface area contributed by atoms with E-state index < -0.39 is 23.9 Å². The minimum absolute atomic E-state index is 0.0531. The predicted molar refractivity (Wildman–Crippen MR) is 67.9 cm³/mol. The van der Waals surface area contributed by atoms with Crippen molar-refractivity contribution >= 4 is 5.91 Å². The van der Waals surface area contributed by atoms with Crippen LogP contribution in [0.15, 0.2) is 0 Å². The molecule has 0 radical (unpaired) electrons. The fourth-order valence-corrected chi connectivity index (χ4v) is 3.51. The third-order valence-corrected chi connectivity index (χ3v) is 4.62. The number of nitrogens with zero attached hydrogens (tertiary/aromatic N) is 1. The maximum atomic E-state index is 13.1. The molecule has 3 unspecified atom stereocenters. The van der Waals surface area contributed by atoms with E-state index in [1.165, 1.54) is 4.90 Å². The number of alkyl halides is 3. The maximum absolute atomic E-state index is 13.1. The van der Waals surface area contributed by atoms with Crippen molar-refractivity contribution in [3.05, 3.63) is 0 Å². The summed E-state index contributed by atoms with van der Waals surface area (Å²) >= 11 is 0. The highest BCUT2D eigenvalue weighted by atomic mass is 19.4. The molecule has 0 aromatic rings. The third-order valence-electron chi connectivity index (χ3n) is 4.62. The average molecular weight is 293 g/mol. The second kappa shape index (κ2) is 6.33. The Hall–Kier alpha value is -0.780. The van der Waals surface area contributed by atoms with E-state index in [1.54, 1.807) is 0 Å². The van der Waals surface area contributed by atoms with E-state index in [0.717, 1.165) is 12.8 Å². The van der Waals surface area contributed by atoms with Gasteiger partial charge in [0.15, 0.2) is 0 Å². The largest absolute Gasteiger partial charge is 0.394 e. The molecule has 2 fully saturated rings. The normalized spacial score (nSPS) is 32.2. The Bertz CT molecular complexity index is 346. The van der Waals surface area contributed by atoms with Gasteiger partial charge in [-0.2, -0.15) is 13.2 Å². The molecule has 0 aromatic carbocycles. The van der Waals surface area contributed by atoms with Crippen molar-refractivity contribution in [2.45, 2.75) is 57.2 Å². The summed E-state index contributed by atoms with van der Waals surface area (Å²) in [5, 5.41) is 9.32. The predicted octanol–water partition coefficient (Wildman–Crippen LogP) is 2.73. The maximum Gasteiger partial charge on any atom is 0.392 e. The molecule has 6 heteroatoms. The first-order chi connectivity index (χ1) is 9.45. The van der Waals surface area contributed by atoms with E-state index in [-0.39, 0.29) is 19.1 Å². The Morgan fingerprint density at radius 2 is 1.75 bits per heavy atom. The number of carbonyl (C=O) groups is 1. The van der Waals surface area contributed by atoms with Crippen LogP contribution >= 0.6 is 0 Å². The molecule has 0 bridgehead atoms. The number of carbonyl (C=O) groups excluding carboxylic acids is 1. The number of rotatable bonds is 2. The summed E-state index contributed by atoms with van der Waals surface area (Å²) in [7, 11) is 0. The van der Waals surface area contributed by atoms with Crippen LogP contribution < -0.4 is 0 Å². The minimum atomic E-state index is -4.30. The molecule has 1 N–H and O–H groups in total. The molecule has 3 nitrogen and oxygen atoms in total. The van der Waals surface area contributed by atoms with E-state index in [2.05, 4.69) is 0 Å². The second-order valence-electron chi connectivity index (χ2n) is 5.90. The molecule has 2 rings (SSSR count). The van der Waals surface area contributed by atoms with Crippen LogP contribution in [0.3, 0.4) is 0 Å². The number of amides is 1. The van der Waals surface area contributed by atoms with Gasteiger partial charge in [0.2, 0.25) is 5.91 Å². The van der Waals surface area contributed by atoms with Gasteiger partial charge in [0.05, 0.1) is 18.6 Å². The van der Waals surface area contributed by atoms with Crippen LogP contribution in [0.25, 0.3) is 0 Å². The summed E-state index contributed by atoms with van der Waals surface area (Å²) in [4.78, 5) is 14.0. The summed E-state index contributed by atoms with van der Waals surface area (Å²) in [6.45, 7) is 0.320. The number of piperidine rings is 1. The Morgan fingerprint density at radius 3 is 2.40 bits per heavy atom. The molecule has 1 saturated carbocycles. The minimum Gasteiger partial charge on any atom is -0.394 e. The highest BCUT2D eigenvalue weighted by Gasteiger charge is 2.49. The Morgan fingerprint density at radius 1 is 1.10 bits per heavy atom. The molecule has 3 atom stereocenters. The van der Waals surface area contributed by atoms with Crippen molar-refractivity contribution in [1.29, 1.82) is 0 Å². The summed E-state index contributed by atoms with van der Waals surface area (Å²) in [6.07, 6.45) is -0.294. The van der Waals surface area contributed by atoms with Gasteiger partial charge in [-0.05, 0) is 32.1 Å². The smallest absolute Gasteiger partial charge is 0.392 e. The van der Waals surface area contributed by atoms with Crippen LogP contribution in [-0.2, 0) is 4.79 Å².